The van der Waals surface area contributed by atoms with Gasteiger partial charge in [0.25, 0.3) is 0 Å². The number of benzene rings is 2. The number of para-hydroxylation sites is 1. The smallest absolute Gasteiger partial charge is 0.326 e. The molecule has 1 aliphatic heterocycles. The third-order valence-corrected chi connectivity index (χ3v) is 6.37. The van der Waals surface area contributed by atoms with Crippen LogP contribution in [0.2, 0.25) is 0 Å². The molecule has 0 spiro atoms. The van der Waals surface area contributed by atoms with Crippen LogP contribution in [-0.2, 0) is 10.0 Å². The lowest BCUT2D eigenvalue weighted by Gasteiger charge is -2.15. The second-order valence-corrected chi connectivity index (χ2v) is 9.02. The third kappa shape index (κ3) is 3.38. The van der Waals surface area contributed by atoms with Crippen LogP contribution in [0, 0.1) is 6.92 Å². The van der Waals surface area contributed by atoms with Gasteiger partial charge in [0, 0.05) is 24.5 Å². The highest BCUT2D eigenvalue weighted by molar-refractivity contribution is 7.88. The molecule has 0 radical (unpaired) electrons. The number of hydrogen-bond donors (Lipinski definition) is 2. The fourth-order valence-corrected chi connectivity index (χ4v) is 4.54. The van der Waals surface area contributed by atoms with Crippen molar-refractivity contribution in [2.75, 3.05) is 24.7 Å². The van der Waals surface area contributed by atoms with Crippen LogP contribution in [-0.4, -0.2) is 41.6 Å². The van der Waals surface area contributed by atoms with E-state index in [9.17, 15) is 13.2 Å². The van der Waals surface area contributed by atoms with Gasteiger partial charge in [-0.15, -0.1) is 0 Å². The summed E-state index contributed by atoms with van der Waals surface area (Å²) in [5, 5.41) is 3.37. The number of aromatic amines is 1. The predicted molar refractivity (Wildman–Crippen MR) is 107 cm³/mol. The van der Waals surface area contributed by atoms with Crippen molar-refractivity contribution < 1.29 is 8.42 Å². The number of fused-ring (bicyclic) bond motifs is 1. The van der Waals surface area contributed by atoms with E-state index >= 15 is 0 Å². The summed E-state index contributed by atoms with van der Waals surface area (Å²) in [7, 11) is -3.24. The van der Waals surface area contributed by atoms with Gasteiger partial charge in [-0.1, -0.05) is 18.2 Å². The first kappa shape index (κ1) is 17.8. The SMILES string of the molecule is Cc1ccccc1Nc1ccc2c(c1)[nH]c(=O)n2C1CCN(S(C)(=O)=O)C1. The maximum atomic E-state index is 12.5. The molecule has 0 bridgehead atoms. The summed E-state index contributed by atoms with van der Waals surface area (Å²) < 4.78 is 26.6. The van der Waals surface area contributed by atoms with Crippen LogP contribution in [0.25, 0.3) is 11.0 Å². The van der Waals surface area contributed by atoms with E-state index in [2.05, 4.69) is 10.3 Å². The number of imidazole rings is 1. The first-order valence-electron chi connectivity index (χ1n) is 8.85. The van der Waals surface area contributed by atoms with Gasteiger partial charge in [-0.25, -0.2) is 17.5 Å². The fraction of sp³-hybridized carbons (Fsp3) is 0.316. The van der Waals surface area contributed by atoms with Gasteiger partial charge in [0.1, 0.15) is 0 Å². The summed E-state index contributed by atoms with van der Waals surface area (Å²) in [4.78, 5) is 15.4. The molecule has 27 heavy (non-hydrogen) atoms. The number of anilines is 2. The maximum Gasteiger partial charge on any atom is 0.326 e. The monoisotopic (exact) mass is 386 g/mol. The van der Waals surface area contributed by atoms with Crippen molar-refractivity contribution in [2.24, 2.45) is 0 Å². The Morgan fingerprint density at radius 3 is 2.67 bits per heavy atom. The quantitative estimate of drug-likeness (QED) is 0.721. The highest BCUT2D eigenvalue weighted by Crippen LogP contribution is 2.28. The zero-order chi connectivity index (χ0) is 19.2. The van der Waals surface area contributed by atoms with Crippen LogP contribution >= 0.6 is 0 Å². The summed E-state index contributed by atoms with van der Waals surface area (Å²) >= 11 is 0. The molecule has 1 saturated heterocycles. The Labute approximate surface area is 157 Å². The van der Waals surface area contributed by atoms with Gasteiger partial charge in [-0.2, -0.15) is 0 Å². The van der Waals surface area contributed by atoms with E-state index in [0.29, 0.717) is 19.5 Å². The summed E-state index contributed by atoms with van der Waals surface area (Å²) in [6, 6.07) is 13.6. The lowest BCUT2D eigenvalue weighted by Crippen LogP contribution is -2.29. The van der Waals surface area contributed by atoms with Gasteiger partial charge in [0.2, 0.25) is 10.0 Å². The van der Waals surface area contributed by atoms with Gasteiger partial charge in [-0.05, 0) is 43.2 Å². The summed E-state index contributed by atoms with van der Waals surface area (Å²) in [5.74, 6) is 0. The van der Waals surface area contributed by atoms with Crippen LogP contribution in [0.5, 0.6) is 0 Å². The minimum absolute atomic E-state index is 0.156. The topological polar surface area (TPSA) is 87.2 Å². The van der Waals surface area contributed by atoms with Crippen molar-refractivity contribution in [3.8, 4) is 0 Å². The maximum absolute atomic E-state index is 12.5. The standard InChI is InChI=1S/C19H22N4O3S/c1-13-5-3-4-6-16(13)20-14-7-8-18-17(11-14)21-19(24)23(18)15-9-10-22(12-15)27(2,25)26/h3-8,11,15,20H,9-10,12H2,1-2H3,(H,21,24). The van der Waals surface area contributed by atoms with Crippen LogP contribution in [0.3, 0.4) is 0 Å². The Kier molecular flexibility index (Phi) is 4.32. The second-order valence-electron chi connectivity index (χ2n) is 7.04. The molecule has 0 saturated carbocycles. The van der Waals surface area contributed by atoms with Crippen LogP contribution in [0.15, 0.2) is 47.3 Å². The molecule has 2 N–H and O–H groups in total. The zero-order valence-electron chi connectivity index (χ0n) is 15.3. The van der Waals surface area contributed by atoms with Crippen molar-refractivity contribution in [3.05, 3.63) is 58.5 Å². The minimum Gasteiger partial charge on any atom is -0.355 e. The molecule has 3 aromatic rings. The van der Waals surface area contributed by atoms with E-state index in [4.69, 9.17) is 0 Å². The molecular weight excluding hydrogens is 364 g/mol. The largest absolute Gasteiger partial charge is 0.355 e. The Morgan fingerprint density at radius 2 is 1.96 bits per heavy atom. The molecule has 2 heterocycles. The normalized spacial score (nSPS) is 18.2. The van der Waals surface area contributed by atoms with E-state index in [-0.39, 0.29) is 11.7 Å². The molecule has 0 aliphatic carbocycles. The lowest BCUT2D eigenvalue weighted by atomic mass is 10.2. The van der Waals surface area contributed by atoms with Crippen molar-refractivity contribution >= 4 is 32.4 Å². The number of nitrogens with one attached hydrogen (secondary N) is 2. The number of aromatic nitrogens is 2. The van der Waals surface area contributed by atoms with Crippen molar-refractivity contribution in [1.82, 2.24) is 13.9 Å². The number of hydrogen-bond acceptors (Lipinski definition) is 4. The summed E-state index contributed by atoms with van der Waals surface area (Å²) in [5.41, 5.74) is 4.34. The number of nitrogens with zero attached hydrogens (tertiary/aromatic N) is 2. The molecule has 7 nitrogen and oxygen atoms in total. The molecule has 1 atom stereocenters. The van der Waals surface area contributed by atoms with Gasteiger partial charge in [0.05, 0.1) is 23.3 Å². The Balaban J connectivity index is 1.66. The van der Waals surface area contributed by atoms with Crippen molar-refractivity contribution in [3.63, 3.8) is 0 Å². The minimum atomic E-state index is -3.24. The second kappa shape index (κ2) is 6.54. The highest BCUT2D eigenvalue weighted by atomic mass is 32.2. The first-order chi connectivity index (χ1) is 12.8. The van der Waals surface area contributed by atoms with Crippen LogP contribution in [0.4, 0.5) is 11.4 Å². The third-order valence-electron chi connectivity index (χ3n) is 5.10. The average Bonchev–Trinajstić information content (AvgIpc) is 3.20. The number of aryl methyl sites for hydroxylation is 1. The molecule has 0 amide bonds. The molecule has 4 rings (SSSR count). The van der Waals surface area contributed by atoms with Crippen molar-refractivity contribution in [1.29, 1.82) is 0 Å². The molecular formula is C19H22N4O3S. The van der Waals surface area contributed by atoms with E-state index < -0.39 is 10.0 Å². The van der Waals surface area contributed by atoms with E-state index in [1.54, 1.807) is 4.57 Å². The Hall–Kier alpha value is -2.58. The zero-order valence-corrected chi connectivity index (χ0v) is 16.1. The highest BCUT2D eigenvalue weighted by Gasteiger charge is 2.31. The van der Waals surface area contributed by atoms with Gasteiger partial charge >= 0.3 is 5.69 Å². The van der Waals surface area contributed by atoms with Gasteiger partial charge in [0.15, 0.2) is 0 Å². The van der Waals surface area contributed by atoms with Crippen LogP contribution in [0.1, 0.15) is 18.0 Å². The molecule has 1 aliphatic rings. The Bertz CT molecular complexity index is 1160. The van der Waals surface area contributed by atoms with E-state index in [0.717, 1.165) is 28.0 Å². The fourth-order valence-electron chi connectivity index (χ4n) is 3.66. The Morgan fingerprint density at radius 1 is 1.19 bits per heavy atom. The average molecular weight is 386 g/mol. The predicted octanol–water partition coefficient (Wildman–Crippen LogP) is 2.59. The molecule has 1 aromatic heterocycles. The van der Waals surface area contributed by atoms with Gasteiger partial charge in [-0.3, -0.25) is 4.57 Å². The van der Waals surface area contributed by atoms with E-state index in [1.807, 2.05) is 49.4 Å². The molecule has 1 fully saturated rings. The van der Waals surface area contributed by atoms with Crippen molar-refractivity contribution in [2.45, 2.75) is 19.4 Å². The first-order valence-corrected chi connectivity index (χ1v) is 10.7. The number of H-pyrrole nitrogens is 1. The lowest BCUT2D eigenvalue weighted by molar-refractivity contribution is 0.456. The summed E-state index contributed by atoms with van der Waals surface area (Å²) in [6.45, 7) is 2.80. The van der Waals surface area contributed by atoms with E-state index in [1.165, 1.54) is 10.6 Å². The molecule has 8 heteroatoms. The van der Waals surface area contributed by atoms with Crippen LogP contribution < -0.4 is 11.0 Å². The summed E-state index contributed by atoms with van der Waals surface area (Å²) in [6.07, 6.45) is 1.83. The number of rotatable bonds is 4. The number of sulfonamides is 1. The van der Waals surface area contributed by atoms with Gasteiger partial charge < -0.3 is 10.3 Å². The molecule has 2 aromatic carbocycles. The molecule has 1 unspecified atom stereocenters. The molecule has 142 valence electrons.